The summed E-state index contributed by atoms with van der Waals surface area (Å²) in [5.41, 5.74) is 3.10. The molecule has 3 heteroatoms. The van der Waals surface area contributed by atoms with Crippen LogP contribution in [0, 0.1) is 0 Å². The van der Waals surface area contributed by atoms with Crippen LogP contribution in [0.3, 0.4) is 0 Å². The summed E-state index contributed by atoms with van der Waals surface area (Å²) < 4.78 is 7.83. The lowest BCUT2D eigenvalue weighted by atomic mass is 10.1. The van der Waals surface area contributed by atoms with Crippen molar-refractivity contribution in [2.24, 2.45) is 0 Å². The summed E-state index contributed by atoms with van der Waals surface area (Å²) in [5.74, 6) is 0.199. The first-order valence-corrected chi connectivity index (χ1v) is 6.41. The zero-order valence-electron chi connectivity index (χ0n) is 10.6. The molecular weight excluding hydrogens is 238 g/mol. The third-order valence-corrected chi connectivity index (χ3v) is 3.77. The molecule has 0 aliphatic rings. The van der Waals surface area contributed by atoms with Crippen molar-refractivity contribution in [1.82, 2.24) is 4.57 Å². The molecule has 0 bridgehead atoms. The van der Waals surface area contributed by atoms with Gasteiger partial charge in [0.1, 0.15) is 11.8 Å². The summed E-state index contributed by atoms with van der Waals surface area (Å²) >= 11 is 0. The van der Waals surface area contributed by atoms with Crippen LogP contribution in [-0.2, 0) is 6.54 Å². The second-order valence-corrected chi connectivity index (χ2v) is 4.72. The summed E-state index contributed by atoms with van der Waals surface area (Å²) in [5, 5.41) is 12.8. The molecule has 0 fully saturated rings. The van der Waals surface area contributed by atoms with E-state index in [2.05, 4.69) is 29.7 Å². The normalized spacial score (nSPS) is 11.8. The van der Waals surface area contributed by atoms with Gasteiger partial charge in [-0.05, 0) is 25.1 Å². The van der Waals surface area contributed by atoms with Gasteiger partial charge in [-0.15, -0.1) is 0 Å². The molecule has 0 aliphatic carbocycles. The maximum absolute atomic E-state index is 9.81. The van der Waals surface area contributed by atoms with Crippen LogP contribution in [-0.4, -0.2) is 9.67 Å². The minimum Gasteiger partial charge on any atom is -0.504 e. The molecule has 19 heavy (non-hydrogen) atoms. The predicted octanol–water partition coefficient (Wildman–Crippen LogP) is 4.27. The second kappa shape index (κ2) is 3.54. The third-order valence-electron chi connectivity index (χ3n) is 3.77. The molecule has 0 saturated heterocycles. The fourth-order valence-electron chi connectivity index (χ4n) is 2.95. The Hall–Kier alpha value is -2.42. The van der Waals surface area contributed by atoms with Crippen LogP contribution in [0.1, 0.15) is 6.92 Å². The standard InChI is InChI=1S/C16H13NO2/c1-2-17-12-6-4-3-5-10(12)15-13(17)8-7-11-14(18)9-19-16(11)15/h3-9,18H,2H2,1H3. The first kappa shape index (κ1) is 10.5. The molecule has 0 atom stereocenters. The fraction of sp³-hybridized carbons (Fsp3) is 0.125. The van der Waals surface area contributed by atoms with Crippen LogP contribution in [0.15, 0.2) is 47.1 Å². The van der Waals surface area contributed by atoms with E-state index >= 15 is 0 Å². The zero-order chi connectivity index (χ0) is 13.0. The lowest BCUT2D eigenvalue weighted by Crippen LogP contribution is -1.92. The maximum atomic E-state index is 9.81. The van der Waals surface area contributed by atoms with E-state index in [-0.39, 0.29) is 5.75 Å². The minimum absolute atomic E-state index is 0.199. The SMILES string of the molecule is CCn1c2ccccc2c2c3occ(O)c3ccc21. The van der Waals surface area contributed by atoms with Gasteiger partial charge in [-0.2, -0.15) is 0 Å². The molecule has 94 valence electrons. The highest BCUT2D eigenvalue weighted by Crippen LogP contribution is 2.38. The Morgan fingerprint density at radius 3 is 2.74 bits per heavy atom. The molecule has 0 saturated carbocycles. The van der Waals surface area contributed by atoms with Gasteiger partial charge >= 0.3 is 0 Å². The van der Waals surface area contributed by atoms with E-state index < -0.39 is 0 Å². The number of aryl methyl sites for hydroxylation is 1. The second-order valence-electron chi connectivity index (χ2n) is 4.72. The van der Waals surface area contributed by atoms with Crippen LogP contribution in [0.2, 0.25) is 0 Å². The van der Waals surface area contributed by atoms with E-state index in [1.165, 1.54) is 17.2 Å². The number of benzene rings is 2. The van der Waals surface area contributed by atoms with Crippen molar-refractivity contribution in [3.05, 3.63) is 42.7 Å². The number of hydrogen-bond donors (Lipinski definition) is 1. The molecular formula is C16H13NO2. The van der Waals surface area contributed by atoms with Crippen LogP contribution < -0.4 is 0 Å². The molecule has 0 unspecified atom stereocenters. The van der Waals surface area contributed by atoms with Crippen molar-refractivity contribution in [3.8, 4) is 5.75 Å². The molecule has 2 aromatic carbocycles. The molecule has 2 aromatic heterocycles. The molecule has 0 radical (unpaired) electrons. The Balaban J connectivity index is 2.37. The number of furan rings is 1. The molecule has 3 nitrogen and oxygen atoms in total. The molecule has 0 amide bonds. The van der Waals surface area contributed by atoms with Crippen LogP contribution in [0.5, 0.6) is 5.75 Å². The van der Waals surface area contributed by atoms with Gasteiger partial charge in [0.05, 0.1) is 16.3 Å². The lowest BCUT2D eigenvalue weighted by molar-refractivity contribution is 0.464. The van der Waals surface area contributed by atoms with Gasteiger partial charge in [0.15, 0.2) is 5.75 Å². The number of nitrogens with zero attached hydrogens (tertiary/aromatic N) is 1. The molecule has 0 aliphatic heterocycles. The van der Waals surface area contributed by atoms with Gasteiger partial charge in [-0.3, -0.25) is 0 Å². The Bertz CT molecular complexity index is 915. The van der Waals surface area contributed by atoms with Crippen molar-refractivity contribution < 1.29 is 9.52 Å². The molecule has 4 rings (SSSR count). The number of aromatic nitrogens is 1. The van der Waals surface area contributed by atoms with Crippen molar-refractivity contribution in [1.29, 1.82) is 0 Å². The Kier molecular flexibility index (Phi) is 1.96. The van der Waals surface area contributed by atoms with Gasteiger partial charge in [-0.1, -0.05) is 18.2 Å². The summed E-state index contributed by atoms with van der Waals surface area (Å²) in [4.78, 5) is 0. The monoisotopic (exact) mass is 251 g/mol. The quantitative estimate of drug-likeness (QED) is 0.548. The van der Waals surface area contributed by atoms with Gasteiger partial charge in [0.2, 0.25) is 0 Å². The first-order valence-electron chi connectivity index (χ1n) is 6.41. The highest BCUT2D eigenvalue weighted by atomic mass is 16.4. The largest absolute Gasteiger partial charge is 0.504 e. The summed E-state index contributed by atoms with van der Waals surface area (Å²) in [6, 6.07) is 12.3. The third kappa shape index (κ3) is 1.22. The summed E-state index contributed by atoms with van der Waals surface area (Å²) in [7, 11) is 0. The summed E-state index contributed by atoms with van der Waals surface area (Å²) in [6.07, 6.45) is 1.40. The number of aromatic hydroxyl groups is 1. The van der Waals surface area contributed by atoms with Gasteiger partial charge in [0.25, 0.3) is 0 Å². The van der Waals surface area contributed by atoms with E-state index in [4.69, 9.17) is 4.42 Å². The highest BCUT2D eigenvalue weighted by Gasteiger charge is 2.15. The van der Waals surface area contributed by atoms with E-state index in [1.807, 2.05) is 18.2 Å². The number of para-hydroxylation sites is 1. The first-order chi connectivity index (χ1) is 9.31. The Morgan fingerprint density at radius 1 is 1.05 bits per heavy atom. The van der Waals surface area contributed by atoms with Crippen molar-refractivity contribution >= 4 is 32.8 Å². The van der Waals surface area contributed by atoms with Crippen LogP contribution in [0.25, 0.3) is 32.8 Å². The maximum Gasteiger partial charge on any atom is 0.161 e. The Labute approximate surface area is 109 Å². The molecule has 2 heterocycles. The smallest absolute Gasteiger partial charge is 0.161 e. The van der Waals surface area contributed by atoms with Gasteiger partial charge < -0.3 is 14.1 Å². The van der Waals surface area contributed by atoms with Crippen molar-refractivity contribution in [3.63, 3.8) is 0 Å². The number of rotatable bonds is 1. The average molecular weight is 251 g/mol. The van der Waals surface area contributed by atoms with Gasteiger partial charge in [0, 0.05) is 17.4 Å². The number of hydrogen-bond acceptors (Lipinski definition) is 2. The fourth-order valence-corrected chi connectivity index (χ4v) is 2.95. The molecule has 1 N–H and O–H groups in total. The minimum atomic E-state index is 0.199. The lowest BCUT2D eigenvalue weighted by Gasteiger charge is -2.02. The highest BCUT2D eigenvalue weighted by molar-refractivity contribution is 6.19. The average Bonchev–Trinajstić information content (AvgIpc) is 2.97. The van der Waals surface area contributed by atoms with E-state index in [0.29, 0.717) is 0 Å². The zero-order valence-corrected chi connectivity index (χ0v) is 10.6. The van der Waals surface area contributed by atoms with Crippen LogP contribution in [0.4, 0.5) is 0 Å². The number of fused-ring (bicyclic) bond motifs is 5. The molecule has 0 spiro atoms. The van der Waals surface area contributed by atoms with Crippen molar-refractivity contribution in [2.75, 3.05) is 0 Å². The van der Waals surface area contributed by atoms with E-state index in [1.54, 1.807) is 0 Å². The Morgan fingerprint density at radius 2 is 1.89 bits per heavy atom. The van der Waals surface area contributed by atoms with Crippen LogP contribution >= 0.6 is 0 Å². The predicted molar refractivity (Wildman–Crippen MR) is 76.6 cm³/mol. The topological polar surface area (TPSA) is 38.3 Å². The van der Waals surface area contributed by atoms with E-state index in [0.717, 1.165) is 28.4 Å². The summed E-state index contributed by atoms with van der Waals surface area (Å²) in [6.45, 7) is 3.04. The van der Waals surface area contributed by atoms with Crippen molar-refractivity contribution in [2.45, 2.75) is 13.5 Å². The van der Waals surface area contributed by atoms with Gasteiger partial charge in [-0.25, -0.2) is 0 Å². The van der Waals surface area contributed by atoms with E-state index in [9.17, 15) is 5.11 Å². The molecule has 4 aromatic rings.